The summed E-state index contributed by atoms with van der Waals surface area (Å²) in [6, 6.07) is 24.1. The smallest absolute Gasteiger partial charge is 0.0437 e. The molecule has 2 heteroatoms. The van der Waals surface area contributed by atoms with Gasteiger partial charge in [0.15, 0.2) is 0 Å². The second-order valence-corrected chi connectivity index (χ2v) is 11.8. The number of fused-ring (bicyclic) bond motifs is 1. The summed E-state index contributed by atoms with van der Waals surface area (Å²) in [5, 5.41) is 0.875. The number of halogens is 1. The second-order valence-electron chi connectivity index (χ2n) is 11.4. The van der Waals surface area contributed by atoms with Crippen LogP contribution in [0.2, 0.25) is 5.02 Å². The molecule has 1 aliphatic heterocycles. The maximum atomic E-state index is 5.82. The summed E-state index contributed by atoms with van der Waals surface area (Å²) < 4.78 is 0. The molecule has 0 radical (unpaired) electrons. The highest BCUT2D eigenvalue weighted by atomic mass is 35.5. The lowest BCUT2D eigenvalue weighted by molar-refractivity contribution is 0.273. The molecule has 0 bridgehead atoms. The quantitative estimate of drug-likeness (QED) is 0.219. The zero-order chi connectivity index (χ0) is 27.9. The number of hydrogen-bond donors (Lipinski definition) is 0. The third-order valence-electron chi connectivity index (χ3n) is 8.35. The van der Waals surface area contributed by atoms with Crippen molar-refractivity contribution in [3.05, 3.63) is 105 Å². The third-order valence-corrected chi connectivity index (χ3v) is 8.72. The zero-order valence-corrected chi connectivity index (χ0v) is 25.9. The predicted octanol–water partition coefficient (Wildman–Crippen LogP) is 10.4. The van der Waals surface area contributed by atoms with Gasteiger partial charge in [-0.15, -0.1) is 0 Å². The summed E-state index contributed by atoms with van der Waals surface area (Å²) in [5.74, 6) is 0.947. The van der Waals surface area contributed by atoms with Crippen LogP contribution in [0.4, 0.5) is 0 Å². The van der Waals surface area contributed by atoms with Crippen LogP contribution in [0.15, 0.2) is 66.7 Å². The molecule has 0 N–H and O–H groups in total. The molecule has 1 nitrogen and oxygen atoms in total. The molecule has 212 valence electrons. The Morgan fingerprint density at radius 1 is 0.795 bits per heavy atom. The Kier molecular flexibility index (Phi) is 14.2. The Labute approximate surface area is 245 Å². The lowest BCUT2D eigenvalue weighted by atomic mass is 9.91. The first-order chi connectivity index (χ1) is 19.0. The lowest BCUT2D eigenvalue weighted by Crippen LogP contribution is -2.26. The molecule has 0 spiro atoms. The molecule has 0 atom stereocenters. The van der Waals surface area contributed by atoms with Crippen molar-refractivity contribution in [1.29, 1.82) is 0 Å². The predicted molar refractivity (Wildman–Crippen MR) is 172 cm³/mol. The number of hydrogen-bond acceptors (Lipinski definition) is 1. The van der Waals surface area contributed by atoms with Crippen LogP contribution in [0.25, 0.3) is 0 Å². The van der Waals surface area contributed by atoms with Gasteiger partial charge in [-0.25, -0.2) is 0 Å². The largest absolute Gasteiger partial charge is 0.299 e. The highest BCUT2D eigenvalue weighted by molar-refractivity contribution is 6.31. The molecule has 0 unspecified atom stereocenters. The van der Waals surface area contributed by atoms with Gasteiger partial charge in [0.1, 0.15) is 0 Å². The van der Waals surface area contributed by atoms with E-state index in [0.717, 1.165) is 30.3 Å². The molecule has 3 aromatic rings. The Balaban J connectivity index is 0.000000395. The topological polar surface area (TPSA) is 3.24 Å². The highest BCUT2D eigenvalue weighted by Crippen LogP contribution is 2.24. The van der Waals surface area contributed by atoms with E-state index in [9.17, 15) is 0 Å². The highest BCUT2D eigenvalue weighted by Gasteiger charge is 2.15. The van der Waals surface area contributed by atoms with E-state index in [0.29, 0.717) is 0 Å². The fourth-order valence-corrected chi connectivity index (χ4v) is 6.29. The van der Waals surface area contributed by atoms with Crippen LogP contribution in [0, 0.1) is 12.8 Å². The summed E-state index contributed by atoms with van der Waals surface area (Å²) in [7, 11) is 0. The zero-order valence-electron chi connectivity index (χ0n) is 25.2. The molecule has 1 heterocycles. The first-order valence-corrected chi connectivity index (χ1v) is 16.0. The molecular formula is C37H52ClN. The van der Waals surface area contributed by atoms with Gasteiger partial charge in [-0.05, 0) is 97.4 Å². The van der Waals surface area contributed by atoms with Gasteiger partial charge in [0.2, 0.25) is 0 Å². The van der Waals surface area contributed by atoms with Gasteiger partial charge in [0.05, 0.1) is 0 Å². The molecule has 4 rings (SSSR count). The van der Waals surface area contributed by atoms with Gasteiger partial charge >= 0.3 is 0 Å². The summed E-state index contributed by atoms with van der Waals surface area (Å²) in [5.41, 5.74) is 8.90. The minimum atomic E-state index is 0.875. The number of aryl methyl sites for hydroxylation is 4. The van der Waals surface area contributed by atoms with Crippen molar-refractivity contribution in [3.63, 3.8) is 0 Å². The van der Waals surface area contributed by atoms with Crippen LogP contribution in [0.3, 0.4) is 0 Å². The number of nitrogens with zero attached hydrogens (tertiary/aromatic N) is 1. The second kappa shape index (κ2) is 17.6. The molecule has 0 saturated carbocycles. The summed E-state index contributed by atoms with van der Waals surface area (Å²) in [6.07, 6.45) is 14.2. The first-order valence-electron chi connectivity index (χ1n) is 15.6. The van der Waals surface area contributed by atoms with Crippen molar-refractivity contribution < 1.29 is 0 Å². The van der Waals surface area contributed by atoms with Crippen LogP contribution >= 0.6 is 11.6 Å². The lowest BCUT2D eigenvalue weighted by Gasteiger charge is -2.21. The van der Waals surface area contributed by atoms with Crippen LogP contribution in [-0.4, -0.2) is 18.0 Å². The van der Waals surface area contributed by atoms with E-state index < -0.39 is 0 Å². The van der Waals surface area contributed by atoms with Gasteiger partial charge in [0, 0.05) is 18.1 Å². The van der Waals surface area contributed by atoms with E-state index >= 15 is 0 Å². The summed E-state index contributed by atoms with van der Waals surface area (Å²) in [6.45, 7) is 12.5. The van der Waals surface area contributed by atoms with Crippen LogP contribution in [0.1, 0.15) is 99.1 Å². The normalized spacial score (nSPS) is 13.5. The van der Waals surface area contributed by atoms with Gasteiger partial charge in [-0.1, -0.05) is 125 Å². The van der Waals surface area contributed by atoms with Gasteiger partial charge in [0.25, 0.3) is 0 Å². The summed E-state index contributed by atoms with van der Waals surface area (Å²) >= 11 is 5.82. The van der Waals surface area contributed by atoms with E-state index in [2.05, 4.69) is 75.1 Å². The molecule has 0 amide bonds. The Morgan fingerprint density at radius 2 is 1.51 bits per heavy atom. The molecule has 0 saturated heterocycles. The maximum absolute atomic E-state index is 5.82. The van der Waals surface area contributed by atoms with Crippen molar-refractivity contribution in [3.8, 4) is 0 Å². The number of rotatable bonds is 12. The van der Waals surface area contributed by atoms with Crippen LogP contribution in [-0.2, 0) is 32.2 Å². The standard InChI is InChI=1S/C29H43N.C8H9Cl/c1-4-10-25(11-5-2)13-8-14-26-17-18-29-23-30(20-9-16-28(29)22-26)21-19-27-15-7-6-12-24(27)3;1-2-7-5-3-4-6-8(7)9/h6-7,12,15,17-18,22,25H,4-5,8-11,13-14,16,19-21,23H2,1-3H3;3-6H,2H2,1H3. The first kappa shape index (κ1) is 31.4. The van der Waals surface area contributed by atoms with Crippen molar-refractivity contribution in [2.75, 3.05) is 13.1 Å². The maximum Gasteiger partial charge on any atom is 0.0437 e. The Morgan fingerprint density at radius 3 is 2.18 bits per heavy atom. The Hall–Kier alpha value is -2.09. The monoisotopic (exact) mass is 545 g/mol. The van der Waals surface area contributed by atoms with E-state index in [4.69, 9.17) is 11.6 Å². The van der Waals surface area contributed by atoms with Gasteiger partial charge < -0.3 is 0 Å². The molecule has 0 aliphatic carbocycles. The SMILES string of the molecule is CCCC(CCC)CCCc1ccc2c(c1)CCCN(CCc1ccccc1C)C2.CCc1ccccc1Cl. The van der Waals surface area contributed by atoms with E-state index in [1.54, 1.807) is 16.7 Å². The van der Waals surface area contributed by atoms with Crippen LogP contribution in [0.5, 0.6) is 0 Å². The van der Waals surface area contributed by atoms with Crippen LogP contribution < -0.4 is 0 Å². The number of benzene rings is 3. The molecule has 39 heavy (non-hydrogen) atoms. The van der Waals surface area contributed by atoms with E-state index in [-0.39, 0.29) is 0 Å². The van der Waals surface area contributed by atoms with Crippen molar-refractivity contribution in [2.24, 2.45) is 5.92 Å². The van der Waals surface area contributed by atoms with Gasteiger partial charge in [-0.2, -0.15) is 0 Å². The molecule has 3 aromatic carbocycles. The average molecular weight is 546 g/mol. The van der Waals surface area contributed by atoms with E-state index in [1.165, 1.54) is 87.6 Å². The molecule has 0 fully saturated rings. The average Bonchev–Trinajstić information content (AvgIpc) is 3.15. The van der Waals surface area contributed by atoms with Crippen molar-refractivity contribution >= 4 is 11.6 Å². The fourth-order valence-electron chi connectivity index (χ4n) is 6.02. The minimum Gasteiger partial charge on any atom is -0.299 e. The summed E-state index contributed by atoms with van der Waals surface area (Å²) in [4.78, 5) is 2.66. The van der Waals surface area contributed by atoms with Crippen molar-refractivity contribution in [2.45, 2.75) is 105 Å². The van der Waals surface area contributed by atoms with Crippen molar-refractivity contribution in [1.82, 2.24) is 4.90 Å². The van der Waals surface area contributed by atoms with Gasteiger partial charge in [-0.3, -0.25) is 4.90 Å². The van der Waals surface area contributed by atoms with E-state index in [1.807, 2.05) is 24.3 Å². The molecular weight excluding hydrogens is 494 g/mol. The third kappa shape index (κ3) is 10.8. The molecule has 0 aromatic heterocycles. The minimum absolute atomic E-state index is 0.875. The molecule has 1 aliphatic rings. The fraction of sp³-hybridized carbons (Fsp3) is 0.514. The Bertz CT molecular complexity index is 1100.